The van der Waals surface area contributed by atoms with Crippen LogP contribution in [0.4, 0.5) is 0 Å². The molecular weight excluding hydrogens is 290 g/mol. The van der Waals surface area contributed by atoms with Gasteiger partial charge in [-0.25, -0.2) is 0 Å². The lowest BCUT2D eigenvalue weighted by Gasteiger charge is -2.11. The highest BCUT2D eigenvalue weighted by molar-refractivity contribution is 9.10. The molecule has 5 heteroatoms. The van der Waals surface area contributed by atoms with Gasteiger partial charge in [0.05, 0.1) is 16.5 Å². The molecule has 0 N–H and O–H groups in total. The lowest BCUT2D eigenvalue weighted by molar-refractivity contribution is 0.174. The van der Waals surface area contributed by atoms with Gasteiger partial charge in [0, 0.05) is 27.6 Å². The fourth-order valence-electron chi connectivity index (χ4n) is 1.74. The van der Waals surface area contributed by atoms with Crippen molar-refractivity contribution in [2.24, 2.45) is 5.16 Å². The Morgan fingerprint density at radius 3 is 2.81 bits per heavy atom. The van der Waals surface area contributed by atoms with Crippen LogP contribution in [0.3, 0.4) is 0 Å². The first-order valence-corrected chi connectivity index (χ1v) is 7.28. The highest BCUT2D eigenvalue weighted by atomic mass is 79.9. The van der Waals surface area contributed by atoms with Crippen LogP contribution in [-0.2, 0) is 15.6 Å². The molecule has 1 heterocycles. The number of benzene rings is 1. The third-order valence-electron chi connectivity index (χ3n) is 2.56. The van der Waals surface area contributed by atoms with E-state index < -0.39 is 10.8 Å². The molecule has 1 unspecified atom stereocenters. The Bertz CT molecular complexity index is 485. The van der Waals surface area contributed by atoms with E-state index in [0.717, 1.165) is 32.6 Å². The molecule has 1 aromatic rings. The molecule has 86 valence electrons. The summed E-state index contributed by atoms with van der Waals surface area (Å²) < 4.78 is 12.7. The first-order valence-electron chi connectivity index (χ1n) is 4.93. The van der Waals surface area contributed by atoms with Crippen LogP contribution in [0, 0.1) is 6.92 Å². The average molecular weight is 302 g/mol. The molecule has 1 aliphatic rings. The van der Waals surface area contributed by atoms with Crippen LogP contribution >= 0.6 is 15.9 Å². The summed E-state index contributed by atoms with van der Waals surface area (Å²) in [5, 5.41) is 4.01. The van der Waals surface area contributed by atoms with Gasteiger partial charge in [-0.05, 0) is 24.6 Å². The zero-order valence-corrected chi connectivity index (χ0v) is 11.5. The summed E-state index contributed by atoms with van der Waals surface area (Å²) >= 11 is 3.48. The molecule has 0 saturated heterocycles. The largest absolute Gasteiger partial charge is 0.395 e. The monoisotopic (exact) mass is 301 g/mol. The Hall–Kier alpha value is -0.680. The van der Waals surface area contributed by atoms with Crippen molar-refractivity contribution >= 4 is 32.4 Å². The van der Waals surface area contributed by atoms with Crippen LogP contribution in [-0.4, -0.2) is 22.8 Å². The predicted molar refractivity (Wildman–Crippen MR) is 68.3 cm³/mol. The van der Waals surface area contributed by atoms with Crippen molar-refractivity contribution in [3.63, 3.8) is 0 Å². The lowest BCUT2D eigenvalue weighted by Crippen LogP contribution is -2.07. The molecule has 0 radical (unpaired) electrons. The minimum atomic E-state index is -1.01. The maximum absolute atomic E-state index is 11.7. The molecule has 1 atom stereocenters. The highest BCUT2D eigenvalue weighted by Crippen LogP contribution is 2.27. The molecule has 0 aromatic heterocycles. The van der Waals surface area contributed by atoms with E-state index in [0.29, 0.717) is 6.61 Å². The third kappa shape index (κ3) is 2.06. The van der Waals surface area contributed by atoms with E-state index in [9.17, 15) is 4.21 Å². The van der Waals surface area contributed by atoms with Gasteiger partial charge in [-0.1, -0.05) is 21.1 Å². The molecule has 0 saturated carbocycles. The van der Waals surface area contributed by atoms with Crippen LogP contribution in [0.2, 0.25) is 0 Å². The Balaban J connectivity index is 2.63. The van der Waals surface area contributed by atoms with Gasteiger partial charge < -0.3 is 4.84 Å². The van der Waals surface area contributed by atoms with Crippen LogP contribution < -0.4 is 0 Å². The Morgan fingerprint density at radius 2 is 2.25 bits per heavy atom. The fourth-order valence-corrected chi connectivity index (χ4v) is 2.89. The van der Waals surface area contributed by atoms with Crippen molar-refractivity contribution in [3.05, 3.63) is 27.7 Å². The van der Waals surface area contributed by atoms with Crippen molar-refractivity contribution in [1.82, 2.24) is 0 Å². The van der Waals surface area contributed by atoms with Crippen molar-refractivity contribution in [2.45, 2.75) is 18.2 Å². The maximum atomic E-state index is 11.7. The van der Waals surface area contributed by atoms with Gasteiger partial charge >= 0.3 is 0 Å². The minimum absolute atomic E-state index is 0.608. The second-order valence-corrected chi connectivity index (χ2v) is 5.82. The molecule has 16 heavy (non-hydrogen) atoms. The van der Waals surface area contributed by atoms with Crippen molar-refractivity contribution in [1.29, 1.82) is 0 Å². The van der Waals surface area contributed by atoms with E-state index in [1.54, 1.807) is 6.26 Å². The Kier molecular flexibility index (Phi) is 3.44. The molecule has 0 aliphatic carbocycles. The van der Waals surface area contributed by atoms with E-state index in [1.165, 1.54) is 0 Å². The maximum Gasteiger partial charge on any atom is 0.122 e. The van der Waals surface area contributed by atoms with Crippen molar-refractivity contribution in [3.8, 4) is 0 Å². The summed E-state index contributed by atoms with van der Waals surface area (Å²) in [6.45, 7) is 2.60. The third-order valence-corrected chi connectivity index (χ3v) is 4.38. The number of hydrogen-bond acceptors (Lipinski definition) is 3. The molecule has 1 aliphatic heterocycles. The molecule has 0 amide bonds. The zero-order chi connectivity index (χ0) is 11.7. The van der Waals surface area contributed by atoms with E-state index >= 15 is 0 Å². The van der Waals surface area contributed by atoms with Gasteiger partial charge in [0.25, 0.3) is 0 Å². The van der Waals surface area contributed by atoms with Gasteiger partial charge in [0.15, 0.2) is 0 Å². The Labute approximate surface area is 105 Å². The molecule has 0 fully saturated rings. The van der Waals surface area contributed by atoms with Crippen LogP contribution in [0.5, 0.6) is 0 Å². The van der Waals surface area contributed by atoms with E-state index in [4.69, 9.17) is 4.84 Å². The van der Waals surface area contributed by atoms with E-state index in [1.807, 2.05) is 19.1 Å². The second-order valence-electron chi connectivity index (χ2n) is 3.62. The molecular formula is C11H12BrNO2S. The SMILES string of the molecule is Cc1c(Br)ccc(S(C)=O)c1C1=NOCC1. The smallest absolute Gasteiger partial charge is 0.122 e. The lowest BCUT2D eigenvalue weighted by atomic mass is 10.0. The van der Waals surface area contributed by atoms with Gasteiger partial charge in [0.2, 0.25) is 0 Å². The molecule has 0 bridgehead atoms. The van der Waals surface area contributed by atoms with Crippen molar-refractivity contribution < 1.29 is 9.05 Å². The molecule has 3 nitrogen and oxygen atoms in total. The summed E-state index contributed by atoms with van der Waals surface area (Å²) in [7, 11) is -1.01. The van der Waals surface area contributed by atoms with E-state index in [2.05, 4.69) is 21.1 Å². The minimum Gasteiger partial charge on any atom is -0.395 e. The molecule has 2 rings (SSSR count). The topological polar surface area (TPSA) is 38.7 Å². The predicted octanol–water partition coefficient (Wildman–Crippen LogP) is 2.62. The van der Waals surface area contributed by atoms with Gasteiger partial charge in [0.1, 0.15) is 6.61 Å². The summed E-state index contributed by atoms with van der Waals surface area (Å²) in [6.07, 6.45) is 2.46. The molecule has 1 aromatic carbocycles. The van der Waals surface area contributed by atoms with Gasteiger partial charge in [-0.15, -0.1) is 0 Å². The number of nitrogens with zero attached hydrogens (tertiary/aromatic N) is 1. The number of halogens is 1. The summed E-state index contributed by atoms with van der Waals surface area (Å²) in [6, 6.07) is 3.80. The van der Waals surface area contributed by atoms with Crippen LogP contribution in [0.1, 0.15) is 17.5 Å². The standard InChI is InChI=1S/C11H12BrNO2S/c1-7-8(12)3-4-10(16(2)14)11(7)9-5-6-15-13-9/h3-4H,5-6H2,1-2H3. The second kappa shape index (κ2) is 4.67. The van der Waals surface area contributed by atoms with Crippen LogP contribution in [0.25, 0.3) is 0 Å². The fraction of sp³-hybridized carbons (Fsp3) is 0.364. The van der Waals surface area contributed by atoms with Crippen molar-refractivity contribution in [2.75, 3.05) is 12.9 Å². The Morgan fingerprint density at radius 1 is 1.50 bits per heavy atom. The molecule has 0 spiro atoms. The summed E-state index contributed by atoms with van der Waals surface area (Å²) in [5.41, 5.74) is 2.92. The van der Waals surface area contributed by atoms with Crippen LogP contribution in [0.15, 0.2) is 26.7 Å². The first kappa shape index (κ1) is 11.8. The number of oxime groups is 1. The van der Waals surface area contributed by atoms with E-state index in [-0.39, 0.29) is 0 Å². The zero-order valence-electron chi connectivity index (χ0n) is 9.12. The summed E-state index contributed by atoms with van der Waals surface area (Å²) in [5.74, 6) is 0. The van der Waals surface area contributed by atoms with Gasteiger partial charge in [-0.2, -0.15) is 0 Å². The number of rotatable bonds is 2. The average Bonchev–Trinajstić information content (AvgIpc) is 2.74. The van der Waals surface area contributed by atoms with Gasteiger partial charge in [-0.3, -0.25) is 4.21 Å². The normalized spacial score (nSPS) is 16.8. The summed E-state index contributed by atoms with van der Waals surface area (Å²) in [4.78, 5) is 5.84. The first-order chi connectivity index (χ1) is 7.61. The highest BCUT2D eigenvalue weighted by Gasteiger charge is 2.20. The quantitative estimate of drug-likeness (QED) is 0.842. The number of hydrogen-bond donors (Lipinski definition) is 0.